The SMILES string of the molecule is COCC(C)(C=Cc1ccc2ccc([C@@H](C)O)nc2c1)C(=O)NC(C(=O)NC(C)C(=O)N1CCCC(C(=O)OCC(Cl)(Cl)Cl)N1)C(C)C. The molecule has 3 amide bonds. The van der Waals surface area contributed by atoms with E-state index in [2.05, 4.69) is 21.0 Å². The number of halogens is 3. The summed E-state index contributed by atoms with van der Waals surface area (Å²) in [6.07, 6.45) is 3.69. The zero-order valence-corrected chi connectivity index (χ0v) is 30.2. The van der Waals surface area contributed by atoms with Crippen molar-refractivity contribution in [2.45, 2.75) is 75.5 Å². The molecular weight excluding hydrogens is 685 g/mol. The van der Waals surface area contributed by atoms with Crippen LogP contribution in [0.5, 0.6) is 0 Å². The summed E-state index contributed by atoms with van der Waals surface area (Å²) in [5, 5.41) is 17.6. The number of aliphatic hydroxyl groups excluding tert-OH is 1. The fourth-order valence-corrected chi connectivity index (χ4v) is 5.23. The third-order valence-corrected chi connectivity index (χ3v) is 8.18. The summed E-state index contributed by atoms with van der Waals surface area (Å²) in [4.78, 5) is 57.3. The van der Waals surface area contributed by atoms with Crippen LogP contribution in [-0.2, 0) is 28.7 Å². The van der Waals surface area contributed by atoms with E-state index in [4.69, 9.17) is 44.3 Å². The monoisotopic (exact) mass is 727 g/mol. The number of nitrogens with one attached hydrogen (secondary N) is 3. The zero-order valence-electron chi connectivity index (χ0n) is 27.9. The smallest absolute Gasteiger partial charge is 0.325 e. The third kappa shape index (κ3) is 11.0. The molecule has 5 atom stereocenters. The maximum atomic E-state index is 13.7. The number of rotatable bonds is 13. The van der Waals surface area contributed by atoms with Gasteiger partial charge in [-0.2, -0.15) is 0 Å². The van der Waals surface area contributed by atoms with E-state index < -0.39 is 63.7 Å². The Morgan fingerprint density at radius 3 is 2.42 bits per heavy atom. The number of ether oxygens (including phenoxy) is 2. The van der Waals surface area contributed by atoms with E-state index in [0.29, 0.717) is 30.6 Å². The average Bonchev–Trinajstić information content (AvgIpc) is 3.03. The molecule has 3 rings (SSSR count). The van der Waals surface area contributed by atoms with Crippen molar-refractivity contribution in [2.75, 3.05) is 26.9 Å². The standard InChI is InChI=1S/C33H44Cl3N5O7/c1-19(2)27(28(43)37-20(3)29(44)41-15-7-8-25(40-41)30(45)48-18-33(34,35)36)39-31(46)32(5,17-47-6)14-13-22-9-10-23-11-12-24(21(4)42)38-26(23)16-22/h9-14,16,19-21,25,27,40,42H,7-8,15,17-18H2,1-6H3,(H,37,43)(H,39,46)/t20?,21-,25?,27?,32?/m1/s1. The number of benzene rings is 1. The van der Waals surface area contributed by atoms with Crippen LogP contribution >= 0.6 is 34.8 Å². The van der Waals surface area contributed by atoms with Crippen molar-refractivity contribution in [2.24, 2.45) is 11.3 Å². The van der Waals surface area contributed by atoms with Gasteiger partial charge in [-0.25, -0.2) is 5.43 Å². The van der Waals surface area contributed by atoms with Gasteiger partial charge < -0.3 is 25.2 Å². The molecule has 1 aliphatic heterocycles. The van der Waals surface area contributed by atoms with E-state index >= 15 is 0 Å². The lowest BCUT2D eigenvalue weighted by molar-refractivity contribution is -0.152. The topological polar surface area (TPSA) is 159 Å². The number of fused-ring (bicyclic) bond motifs is 1. The molecule has 264 valence electrons. The Balaban J connectivity index is 1.68. The number of esters is 1. The average molecular weight is 729 g/mol. The third-order valence-electron chi connectivity index (χ3n) is 7.85. The summed E-state index contributed by atoms with van der Waals surface area (Å²) >= 11 is 17.0. The van der Waals surface area contributed by atoms with E-state index in [1.165, 1.54) is 19.0 Å². The predicted octanol–water partition coefficient (Wildman–Crippen LogP) is 4.01. The first kappa shape index (κ1) is 39.4. The summed E-state index contributed by atoms with van der Waals surface area (Å²) < 4.78 is 8.66. The van der Waals surface area contributed by atoms with Crippen LogP contribution in [0.3, 0.4) is 0 Å². The number of alkyl halides is 3. The number of carbonyl (C=O) groups is 4. The number of nitrogens with zero attached hydrogens (tertiary/aromatic N) is 2. The van der Waals surface area contributed by atoms with Gasteiger partial charge in [0.25, 0.3) is 5.91 Å². The summed E-state index contributed by atoms with van der Waals surface area (Å²) in [6, 6.07) is 6.52. The Labute approximate surface area is 295 Å². The molecular formula is C33H44Cl3N5O7. The van der Waals surface area contributed by atoms with Crippen molar-refractivity contribution in [3.8, 4) is 0 Å². The molecule has 0 bridgehead atoms. The molecule has 2 aromatic rings. The number of hydrazine groups is 1. The largest absolute Gasteiger partial charge is 0.460 e. The van der Waals surface area contributed by atoms with Gasteiger partial charge in [0.2, 0.25) is 15.6 Å². The van der Waals surface area contributed by atoms with Crippen LogP contribution in [0.1, 0.15) is 64.8 Å². The molecule has 1 aromatic carbocycles. The minimum absolute atomic E-state index is 0.0283. The second-order valence-corrected chi connectivity index (χ2v) is 15.0. The molecule has 15 heteroatoms. The number of aromatic nitrogens is 1. The minimum Gasteiger partial charge on any atom is -0.460 e. The molecule has 48 heavy (non-hydrogen) atoms. The van der Waals surface area contributed by atoms with Crippen molar-refractivity contribution in [3.63, 3.8) is 0 Å². The van der Waals surface area contributed by atoms with Gasteiger partial charge in [-0.3, -0.25) is 29.2 Å². The maximum absolute atomic E-state index is 13.7. The van der Waals surface area contributed by atoms with E-state index in [1.54, 1.807) is 45.9 Å². The number of amides is 3. The Kier molecular flexibility index (Phi) is 14.0. The van der Waals surface area contributed by atoms with Crippen molar-refractivity contribution in [3.05, 3.63) is 47.7 Å². The van der Waals surface area contributed by atoms with Gasteiger partial charge in [0.15, 0.2) is 0 Å². The quantitative estimate of drug-likeness (QED) is 0.177. The van der Waals surface area contributed by atoms with Crippen LogP contribution in [0.25, 0.3) is 17.0 Å². The molecule has 12 nitrogen and oxygen atoms in total. The second kappa shape index (κ2) is 17.1. The first-order valence-corrected chi connectivity index (χ1v) is 16.8. The van der Waals surface area contributed by atoms with Crippen molar-refractivity contribution >= 4 is 75.5 Å². The summed E-state index contributed by atoms with van der Waals surface area (Å²) in [5.74, 6) is -2.47. The van der Waals surface area contributed by atoms with Crippen LogP contribution in [0, 0.1) is 11.3 Å². The van der Waals surface area contributed by atoms with Crippen molar-refractivity contribution in [1.82, 2.24) is 26.1 Å². The Morgan fingerprint density at radius 1 is 1.10 bits per heavy atom. The Bertz CT molecular complexity index is 1500. The molecule has 1 saturated heterocycles. The van der Waals surface area contributed by atoms with Crippen LogP contribution in [0.4, 0.5) is 0 Å². The molecule has 0 aliphatic carbocycles. The van der Waals surface area contributed by atoms with E-state index in [0.717, 1.165) is 10.9 Å². The molecule has 2 heterocycles. The number of carbonyl (C=O) groups excluding carboxylic acids is 4. The second-order valence-electron chi connectivity index (χ2n) is 12.5. The van der Waals surface area contributed by atoms with Crippen LogP contribution in [-0.4, -0.2) is 87.6 Å². The molecule has 0 saturated carbocycles. The first-order chi connectivity index (χ1) is 22.4. The molecule has 0 radical (unpaired) electrons. The van der Waals surface area contributed by atoms with Gasteiger partial charge in [-0.05, 0) is 57.2 Å². The summed E-state index contributed by atoms with van der Waals surface area (Å²) in [7, 11) is 1.48. The maximum Gasteiger partial charge on any atom is 0.325 e. The van der Waals surface area contributed by atoms with E-state index in [9.17, 15) is 24.3 Å². The van der Waals surface area contributed by atoms with Gasteiger partial charge in [0.05, 0.1) is 29.3 Å². The first-order valence-electron chi connectivity index (χ1n) is 15.6. The molecule has 4 N–H and O–H groups in total. The number of pyridine rings is 1. The summed E-state index contributed by atoms with van der Waals surface area (Å²) in [5.41, 5.74) is 3.70. The highest BCUT2D eigenvalue weighted by Crippen LogP contribution is 2.27. The van der Waals surface area contributed by atoms with Gasteiger partial charge in [0, 0.05) is 19.0 Å². The van der Waals surface area contributed by atoms with Crippen molar-refractivity contribution in [1.29, 1.82) is 0 Å². The summed E-state index contributed by atoms with van der Waals surface area (Å²) in [6.45, 7) is 8.32. The molecule has 4 unspecified atom stereocenters. The minimum atomic E-state index is -1.77. The molecule has 1 fully saturated rings. The highest BCUT2D eigenvalue weighted by molar-refractivity contribution is 6.67. The zero-order chi connectivity index (χ0) is 35.8. The number of aliphatic hydroxyl groups is 1. The predicted molar refractivity (Wildman–Crippen MR) is 185 cm³/mol. The lowest BCUT2D eigenvalue weighted by Gasteiger charge is -2.35. The van der Waals surface area contributed by atoms with Gasteiger partial charge in [-0.1, -0.05) is 79.0 Å². The van der Waals surface area contributed by atoms with E-state index in [1.807, 2.05) is 24.3 Å². The fourth-order valence-electron chi connectivity index (χ4n) is 5.06. The fraction of sp³-hybridized carbons (Fsp3) is 0.545. The van der Waals surface area contributed by atoms with Gasteiger partial charge in [0.1, 0.15) is 24.7 Å². The van der Waals surface area contributed by atoms with Gasteiger partial charge >= 0.3 is 5.97 Å². The van der Waals surface area contributed by atoms with Crippen LogP contribution < -0.4 is 16.1 Å². The highest BCUT2D eigenvalue weighted by atomic mass is 35.6. The van der Waals surface area contributed by atoms with Crippen LogP contribution in [0.2, 0.25) is 0 Å². The van der Waals surface area contributed by atoms with Crippen LogP contribution in [0.15, 0.2) is 36.4 Å². The van der Waals surface area contributed by atoms with E-state index in [-0.39, 0.29) is 12.5 Å². The number of hydrogen-bond acceptors (Lipinski definition) is 9. The molecule has 1 aromatic heterocycles. The molecule has 0 spiro atoms. The Hall–Kier alpha value is -3.00. The van der Waals surface area contributed by atoms with Crippen molar-refractivity contribution < 1.29 is 33.8 Å². The number of hydrogen-bond donors (Lipinski definition) is 4. The lowest BCUT2D eigenvalue weighted by atomic mass is 9.88. The lowest BCUT2D eigenvalue weighted by Crippen LogP contribution is -2.61. The van der Waals surface area contributed by atoms with Gasteiger partial charge in [-0.15, -0.1) is 0 Å². The Morgan fingerprint density at radius 2 is 1.79 bits per heavy atom. The highest BCUT2D eigenvalue weighted by Gasteiger charge is 2.37. The number of methoxy groups -OCH3 is 1. The normalized spacial score (nSPS) is 18.6. The molecule has 1 aliphatic rings.